The third-order valence-electron chi connectivity index (χ3n) is 6.36. The van der Waals surface area contributed by atoms with Gasteiger partial charge in [-0.1, -0.05) is 24.3 Å². The summed E-state index contributed by atoms with van der Waals surface area (Å²) in [4.78, 5) is 27.7. The summed E-state index contributed by atoms with van der Waals surface area (Å²) in [5, 5.41) is 19.1. The first-order valence-corrected chi connectivity index (χ1v) is 12.1. The molecule has 0 bridgehead atoms. The highest BCUT2D eigenvalue weighted by Gasteiger charge is 2.41. The van der Waals surface area contributed by atoms with Gasteiger partial charge in [-0.3, -0.25) is 4.90 Å². The number of hydrogen-bond acceptors (Lipinski definition) is 7. The number of aromatic amines is 1. The normalized spacial score (nSPS) is 15.4. The summed E-state index contributed by atoms with van der Waals surface area (Å²) in [6.07, 6.45) is 2.54. The Morgan fingerprint density at radius 1 is 1.25 bits per heavy atom. The van der Waals surface area contributed by atoms with Crippen molar-refractivity contribution >= 4 is 17.6 Å². The molecule has 40 heavy (non-hydrogen) atoms. The maximum absolute atomic E-state index is 13.5. The van der Waals surface area contributed by atoms with E-state index in [1.807, 2.05) is 19.1 Å². The number of carbonyl (C=O) groups excluding carboxylic acids is 1. The molecule has 0 saturated heterocycles. The number of ether oxygens (including phenoxy) is 1. The molecule has 3 aromatic rings. The molecule has 0 amide bonds. The lowest BCUT2D eigenvalue weighted by Gasteiger charge is -2.36. The van der Waals surface area contributed by atoms with Gasteiger partial charge in [-0.25, -0.2) is 19.3 Å². The van der Waals surface area contributed by atoms with E-state index >= 15 is 0 Å². The highest BCUT2D eigenvalue weighted by Crippen LogP contribution is 2.43. The van der Waals surface area contributed by atoms with Gasteiger partial charge in [0.15, 0.2) is 0 Å². The molecule has 1 aromatic heterocycles. The van der Waals surface area contributed by atoms with E-state index in [9.17, 15) is 28.0 Å². The molecule has 4 rings (SSSR count). The Morgan fingerprint density at radius 2 is 2.02 bits per heavy atom. The molecule has 206 valence electrons. The minimum absolute atomic E-state index is 0.0178. The maximum atomic E-state index is 13.5. The monoisotopic (exact) mass is 550 g/mol. The molecule has 2 N–H and O–H groups in total. The summed E-state index contributed by atoms with van der Waals surface area (Å²) in [5.74, 6) is -0.801. The van der Waals surface area contributed by atoms with Crippen molar-refractivity contribution in [3.8, 4) is 6.07 Å². The third kappa shape index (κ3) is 5.26. The molecular weight excluding hydrogens is 525 g/mol. The van der Waals surface area contributed by atoms with Crippen LogP contribution in [0, 0.1) is 11.3 Å². The number of nitrogens with zero attached hydrogens (tertiary/aromatic N) is 4. The van der Waals surface area contributed by atoms with Gasteiger partial charge in [-0.15, -0.1) is 5.10 Å². The van der Waals surface area contributed by atoms with Gasteiger partial charge in [0.25, 0.3) is 0 Å². The van der Waals surface area contributed by atoms with Crippen LogP contribution >= 0.6 is 0 Å². The quantitative estimate of drug-likeness (QED) is 0.320. The zero-order chi connectivity index (χ0) is 29.0. The minimum Gasteiger partial charge on any atom is -0.466 e. The summed E-state index contributed by atoms with van der Waals surface area (Å²) in [5.41, 5.74) is 0.152. The SMILES string of the molecule is C/C=C\C=C/NCc1cc(C#N)ccc1[C@@H]1C(C(=O)OC)=C(C)N(c2cccc(C(F)(F)F)c2)c2n[nH]c(=O)n21. The molecule has 12 heteroatoms. The Bertz CT molecular complexity index is 1620. The number of aromatic nitrogens is 3. The highest BCUT2D eigenvalue weighted by molar-refractivity contribution is 5.93. The van der Waals surface area contributed by atoms with E-state index in [0.29, 0.717) is 16.7 Å². The topological polar surface area (TPSA) is 116 Å². The number of nitrogens with one attached hydrogen (secondary N) is 2. The van der Waals surface area contributed by atoms with Crippen molar-refractivity contribution in [3.63, 3.8) is 0 Å². The molecule has 0 unspecified atom stereocenters. The predicted molar refractivity (Wildman–Crippen MR) is 141 cm³/mol. The fraction of sp³-hybridized carbons (Fsp3) is 0.214. The fourth-order valence-corrected chi connectivity index (χ4v) is 4.58. The molecular formula is C28H25F3N6O3. The summed E-state index contributed by atoms with van der Waals surface area (Å²) < 4.78 is 46.9. The number of nitriles is 1. The second kappa shape index (κ2) is 11.4. The molecule has 0 spiro atoms. The Kier molecular flexibility index (Phi) is 7.95. The van der Waals surface area contributed by atoms with Crippen LogP contribution in [0.15, 0.2) is 83.0 Å². The number of fused-ring (bicyclic) bond motifs is 1. The molecule has 0 fully saturated rings. The molecule has 0 radical (unpaired) electrons. The average molecular weight is 551 g/mol. The Hall–Kier alpha value is -5.05. The number of anilines is 2. The fourth-order valence-electron chi connectivity index (χ4n) is 4.58. The largest absolute Gasteiger partial charge is 0.466 e. The van der Waals surface area contributed by atoms with Crippen LogP contribution in [0.5, 0.6) is 0 Å². The second-order valence-electron chi connectivity index (χ2n) is 8.77. The number of hydrogen-bond donors (Lipinski definition) is 2. The van der Waals surface area contributed by atoms with Crippen LogP contribution in [0.2, 0.25) is 0 Å². The number of benzene rings is 2. The van der Waals surface area contributed by atoms with Crippen LogP contribution in [0.3, 0.4) is 0 Å². The molecule has 1 aliphatic rings. The van der Waals surface area contributed by atoms with E-state index in [1.54, 1.807) is 37.4 Å². The number of esters is 1. The van der Waals surface area contributed by atoms with Gasteiger partial charge in [0, 0.05) is 17.9 Å². The summed E-state index contributed by atoms with van der Waals surface area (Å²) >= 11 is 0. The number of allylic oxidation sites excluding steroid dienone is 4. The Labute approximate surface area is 227 Å². The van der Waals surface area contributed by atoms with Gasteiger partial charge in [0.1, 0.15) is 6.04 Å². The molecule has 1 aliphatic heterocycles. The Balaban J connectivity index is 1.96. The van der Waals surface area contributed by atoms with Crippen LogP contribution in [0.4, 0.5) is 24.8 Å². The lowest BCUT2D eigenvalue weighted by atomic mass is 9.90. The molecule has 9 nitrogen and oxygen atoms in total. The lowest BCUT2D eigenvalue weighted by molar-refractivity contribution is -0.138. The van der Waals surface area contributed by atoms with Gasteiger partial charge < -0.3 is 10.1 Å². The summed E-state index contributed by atoms with van der Waals surface area (Å²) in [6, 6.07) is 10.4. The van der Waals surface area contributed by atoms with E-state index in [4.69, 9.17) is 4.74 Å². The smallest absolute Gasteiger partial charge is 0.416 e. The highest BCUT2D eigenvalue weighted by atomic mass is 19.4. The first-order chi connectivity index (χ1) is 19.1. The third-order valence-corrected chi connectivity index (χ3v) is 6.36. The van der Waals surface area contributed by atoms with Crippen molar-refractivity contribution in [2.75, 3.05) is 12.0 Å². The van der Waals surface area contributed by atoms with Gasteiger partial charge in [-0.05, 0) is 67.6 Å². The zero-order valence-electron chi connectivity index (χ0n) is 21.8. The standard InChI is InChI=1S/C28H25F3N6O3/c1-4-5-6-12-33-16-19-13-18(15-32)10-11-22(19)24-23(25(38)40-3)17(2)36(26-34-35-27(39)37(24)26)21-9-7-8-20(14-21)28(29,30)31/h4-14,24,33H,16H2,1-3H3,(H,35,39)/b5-4-,12-6-/t24-/m1/s1. The first kappa shape index (κ1) is 28.0. The molecule has 0 aliphatic carbocycles. The van der Waals surface area contributed by atoms with Crippen LogP contribution in [-0.2, 0) is 22.3 Å². The molecule has 2 heterocycles. The lowest BCUT2D eigenvalue weighted by Crippen LogP contribution is -2.38. The molecule has 1 atom stereocenters. The molecule has 0 saturated carbocycles. The van der Waals surface area contributed by atoms with E-state index in [-0.39, 0.29) is 29.5 Å². The van der Waals surface area contributed by atoms with Crippen LogP contribution in [0.1, 0.15) is 42.1 Å². The molecule has 2 aromatic carbocycles. The van der Waals surface area contributed by atoms with E-state index in [1.165, 1.54) is 28.7 Å². The van der Waals surface area contributed by atoms with Gasteiger partial charge >= 0.3 is 17.8 Å². The van der Waals surface area contributed by atoms with Gasteiger partial charge in [0.2, 0.25) is 5.95 Å². The predicted octanol–water partition coefficient (Wildman–Crippen LogP) is 4.83. The van der Waals surface area contributed by atoms with Crippen molar-refractivity contribution < 1.29 is 22.7 Å². The van der Waals surface area contributed by atoms with Crippen molar-refractivity contribution in [1.29, 1.82) is 5.26 Å². The second-order valence-corrected chi connectivity index (χ2v) is 8.77. The number of H-pyrrole nitrogens is 1. The zero-order valence-corrected chi connectivity index (χ0v) is 21.8. The minimum atomic E-state index is -4.62. The van der Waals surface area contributed by atoms with Crippen LogP contribution < -0.4 is 15.9 Å². The van der Waals surface area contributed by atoms with Crippen LogP contribution in [-0.4, -0.2) is 27.8 Å². The van der Waals surface area contributed by atoms with Crippen molar-refractivity contribution in [2.45, 2.75) is 32.6 Å². The number of halogens is 3. The number of rotatable bonds is 7. The summed E-state index contributed by atoms with van der Waals surface area (Å²) in [7, 11) is 1.18. The number of alkyl halides is 3. The van der Waals surface area contributed by atoms with Gasteiger partial charge in [0.05, 0.1) is 29.9 Å². The number of carbonyl (C=O) groups is 1. The number of methoxy groups -OCH3 is 1. The van der Waals surface area contributed by atoms with Crippen molar-refractivity contribution in [2.24, 2.45) is 0 Å². The van der Waals surface area contributed by atoms with Gasteiger partial charge in [-0.2, -0.15) is 18.4 Å². The average Bonchev–Trinajstić information content (AvgIpc) is 3.32. The van der Waals surface area contributed by atoms with Crippen molar-refractivity contribution in [1.82, 2.24) is 20.1 Å². The Morgan fingerprint density at radius 3 is 2.70 bits per heavy atom. The first-order valence-electron chi connectivity index (χ1n) is 12.1. The van der Waals surface area contributed by atoms with E-state index in [0.717, 1.165) is 12.1 Å². The summed E-state index contributed by atoms with van der Waals surface area (Å²) in [6.45, 7) is 3.65. The van der Waals surface area contributed by atoms with E-state index < -0.39 is 29.4 Å². The van der Waals surface area contributed by atoms with Crippen LogP contribution in [0.25, 0.3) is 0 Å². The van der Waals surface area contributed by atoms with E-state index in [2.05, 4.69) is 21.6 Å². The maximum Gasteiger partial charge on any atom is 0.416 e. The van der Waals surface area contributed by atoms with Crippen molar-refractivity contribution in [3.05, 3.63) is 111 Å².